The fourth-order valence-corrected chi connectivity index (χ4v) is 2.67. The van der Waals surface area contributed by atoms with E-state index < -0.39 is 5.91 Å². The second kappa shape index (κ2) is 10.1. The maximum atomic E-state index is 12.1. The molecule has 1 amide bonds. The molecule has 3 aromatic rings. The van der Waals surface area contributed by atoms with E-state index in [1.807, 2.05) is 18.2 Å². The van der Waals surface area contributed by atoms with Gasteiger partial charge in [0.2, 0.25) is 0 Å². The maximum absolute atomic E-state index is 12.1. The number of benzene rings is 1. The highest BCUT2D eigenvalue weighted by Crippen LogP contribution is 2.29. The molecule has 2 aromatic heterocycles. The lowest BCUT2D eigenvalue weighted by Crippen LogP contribution is -2.16. The van der Waals surface area contributed by atoms with Crippen LogP contribution in [0.2, 0.25) is 0 Å². The summed E-state index contributed by atoms with van der Waals surface area (Å²) in [6.07, 6.45) is 6.87. The van der Waals surface area contributed by atoms with Gasteiger partial charge in [0, 0.05) is 12.4 Å². The zero-order chi connectivity index (χ0) is 20.5. The van der Waals surface area contributed by atoms with Crippen LogP contribution in [0.3, 0.4) is 0 Å². The van der Waals surface area contributed by atoms with Crippen molar-refractivity contribution in [1.29, 1.82) is 0 Å². The third-order valence-corrected chi connectivity index (χ3v) is 4.11. The highest BCUT2D eigenvalue weighted by atomic mass is 16.5. The van der Waals surface area contributed by atoms with Gasteiger partial charge < -0.3 is 13.9 Å². The molecule has 0 saturated heterocycles. The molecule has 0 saturated carbocycles. The highest BCUT2D eigenvalue weighted by molar-refractivity contribution is 5.92. The number of amides is 1. The molecule has 150 valence electrons. The molecule has 1 aromatic carbocycles. The minimum Gasteiger partial charge on any atom is -0.493 e. The second-order valence-electron chi connectivity index (χ2n) is 6.27. The van der Waals surface area contributed by atoms with Crippen molar-refractivity contribution in [1.82, 2.24) is 10.4 Å². The first kappa shape index (κ1) is 20.1. The number of aromatic nitrogens is 1. The minimum atomic E-state index is -0.442. The predicted octanol–water partition coefficient (Wildman–Crippen LogP) is 3.98. The number of furan rings is 1. The van der Waals surface area contributed by atoms with Crippen molar-refractivity contribution in [2.24, 2.45) is 5.10 Å². The zero-order valence-corrected chi connectivity index (χ0v) is 16.4. The number of hydrazone groups is 1. The smallest absolute Gasteiger partial charge is 0.307 e. The van der Waals surface area contributed by atoms with Gasteiger partial charge in [-0.2, -0.15) is 5.10 Å². The van der Waals surface area contributed by atoms with Crippen LogP contribution in [0, 0.1) is 0 Å². The molecule has 2 heterocycles. The van der Waals surface area contributed by atoms with Crippen LogP contribution in [0.5, 0.6) is 11.5 Å². The van der Waals surface area contributed by atoms with Crippen molar-refractivity contribution in [2.75, 3.05) is 7.11 Å². The molecule has 7 nitrogen and oxygen atoms in total. The lowest BCUT2D eigenvalue weighted by atomic mass is 10.1. The third-order valence-electron chi connectivity index (χ3n) is 4.11. The minimum absolute atomic E-state index is 0.153. The monoisotopic (exact) mass is 393 g/mol. The van der Waals surface area contributed by atoms with Gasteiger partial charge in [0.05, 0.1) is 13.3 Å². The number of rotatable bonds is 9. The first-order valence-corrected chi connectivity index (χ1v) is 9.31. The van der Waals surface area contributed by atoms with E-state index in [0.29, 0.717) is 17.3 Å². The van der Waals surface area contributed by atoms with Crippen LogP contribution in [-0.4, -0.2) is 24.2 Å². The summed E-state index contributed by atoms with van der Waals surface area (Å²) in [5, 5.41) is 3.91. The maximum Gasteiger partial charge on any atom is 0.307 e. The van der Waals surface area contributed by atoms with E-state index >= 15 is 0 Å². The molecule has 1 N–H and O–H groups in total. The van der Waals surface area contributed by atoms with Crippen LogP contribution in [0.25, 0.3) is 0 Å². The number of hydrogen-bond donors (Lipinski definition) is 1. The molecule has 0 unspecified atom stereocenters. The van der Waals surface area contributed by atoms with Crippen molar-refractivity contribution < 1.29 is 18.7 Å². The SMILES string of the molecule is CCCc1ccc(OCc2ccc(C(=O)N/N=C\c3ccncc3)o2)c(OC)c1. The fourth-order valence-electron chi connectivity index (χ4n) is 2.67. The van der Waals surface area contributed by atoms with Crippen molar-refractivity contribution >= 4 is 12.1 Å². The normalized spacial score (nSPS) is 10.8. The molecule has 0 atom stereocenters. The Morgan fingerprint density at radius 2 is 2.00 bits per heavy atom. The number of carbonyl (C=O) groups is 1. The summed E-state index contributed by atoms with van der Waals surface area (Å²) in [5.41, 5.74) is 4.45. The van der Waals surface area contributed by atoms with Crippen LogP contribution in [0.1, 0.15) is 40.8 Å². The van der Waals surface area contributed by atoms with Crippen LogP contribution < -0.4 is 14.9 Å². The molecule has 0 aliphatic carbocycles. The molecule has 0 bridgehead atoms. The van der Waals surface area contributed by atoms with Gasteiger partial charge in [-0.05, 0) is 53.9 Å². The Hall–Kier alpha value is -3.61. The molecule has 0 fully saturated rings. The molecule has 0 aliphatic heterocycles. The number of carbonyl (C=O) groups excluding carboxylic acids is 1. The Labute approximate surface area is 169 Å². The van der Waals surface area contributed by atoms with E-state index in [1.165, 1.54) is 11.8 Å². The number of aryl methyl sites for hydroxylation is 1. The molecule has 0 spiro atoms. The van der Waals surface area contributed by atoms with Crippen LogP contribution in [-0.2, 0) is 13.0 Å². The van der Waals surface area contributed by atoms with E-state index in [0.717, 1.165) is 18.4 Å². The summed E-state index contributed by atoms with van der Waals surface area (Å²) in [6, 6.07) is 12.7. The van der Waals surface area contributed by atoms with E-state index in [-0.39, 0.29) is 12.4 Å². The van der Waals surface area contributed by atoms with E-state index in [1.54, 1.807) is 43.8 Å². The van der Waals surface area contributed by atoms with Gasteiger partial charge >= 0.3 is 5.91 Å². The molecule has 7 heteroatoms. The molecule has 0 aliphatic rings. The quantitative estimate of drug-likeness (QED) is 0.439. The summed E-state index contributed by atoms with van der Waals surface area (Å²) in [7, 11) is 1.61. The van der Waals surface area contributed by atoms with Crippen molar-refractivity contribution in [3.8, 4) is 11.5 Å². The molecular formula is C22H23N3O4. The standard InChI is InChI=1S/C22H23N3O4/c1-3-4-16-5-7-19(21(13-16)27-2)28-15-18-6-8-20(29-18)22(26)25-24-14-17-9-11-23-12-10-17/h5-14H,3-4,15H2,1-2H3,(H,25,26)/b24-14-. The van der Waals surface area contributed by atoms with Gasteiger partial charge in [-0.15, -0.1) is 0 Å². The van der Waals surface area contributed by atoms with Crippen molar-refractivity contribution in [3.05, 3.63) is 77.5 Å². The Morgan fingerprint density at radius 1 is 1.17 bits per heavy atom. The Kier molecular flexibility index (Phi) is 7.00. The topological polar surface area (TPSA) is 86.0 Å². The van der Waals surface area contributed by atoms with Crippen molar-refractivity contribution in [2.45, 2.75) is 26.4 Å². The first-order valence-electron chi connectivity index (χ1n) is 9.31. The van der Waals surface area contributed by atoms with Crippen LogP contribution >= 0.6 is 0 Å². The summed E-state index contributed by atoms with van der Waals surface area (Å²) in [5.74, 6) is 1.53. The highest BCUT2D eigenvalue weighted by Gasteiger charge is 2.12. The lowest BCUT2D eigenvalue weighted by molar-refractivity contribution is 0.0923. The van der Waals surface area contributed by atoms with E-state index in [4.69, 9.17) is 13.9 Å². The van der Waals surface area contributed by atoms with Gasteiger partial charge in [0.25, 0.3) is 0 Å². The molecule has 0 radical (unpaired) electrons. The van der Waals surface area contributed by atoms with E-state index in [2.05, 4.69) is 22.4 Å². The largest absolute Gasteiger partial charge is 0.493 e. The summed E-state index contributed by atoms with van der Waals surface area (Å²) < 4.78 is 16.7. The van der Waals surface area contributed by atoms with Gasteiger partial charge in [0.1, 0.15) is 12.4 Å². The number of nitrogens with one attached hydrogen (secondary N) is 1. The van der Waals surface area contributed by atoms with Crippen LogP contribution in [0.15, 0.2) is 64.4 Å². The second-order valence-corrected chi connectivity index (χ2v) is 6.27. The van der Waals surface area contributed by atoms with Crippen molar-refractivity contribution in [3.63, 3.8) is 0 Å². The van der Waals surface area contributed by atoms with Crippen LogP contribution in [0.4, 0.5) is 0 Å². The van der Waals surface area contributed by atoms with Gasteiger partial charge in [-0.3, -0.25) is 9.78 Å². The Balaban J connectivity index is 1.56. The molecular weight excluding hydrogens is 370 g/mol. The lowest BCUT2D eigenvalue weighted by Gasteiger charge is -2.11. The number of pyridine rings is 1. The van der Waals surface area contributed by atoms with Gasteiger partial charge in [-0.25, -0.2) is 5.43 Å². The number of nitrogens with zero attached hydrogens (tertiary/aromatic N) is 2. The average molecular weight is 393 g/mol. The average Bonchev–Trinajstić information content (AvgIpc) is 3.23. The van der Waals surface area contributed by atoms with Gasteiger partial charge in [-0.1, -0.05) is 19.4 Å². The zero-order valence-electron chi connectivity index (χ0n) is 16.4. The Bertz CT molecular complexity index is 967. The molecule has 3 rings (SSSR count). The summed E-state index contributed by atoms with van der Waals surface area (Å²) >= 11 is 0. The number of hydrogen-bond acceptors (Lipinski definition) is 6. The molecule has 29 heavy (non-hydrogen) atoms. The fraction of sp³-hybridized carbons (Fsp3) is 0.227. The van der Waals surface area contributed by atoms with E-state index in [9.17, 15) is 4.79 Å². The first-order chi connectivity index (χ1) is 14.2. The number of ether oxygens (including phenoxy) is 2. The van der Waals surface area contributed by atoms with Gasteiger partial charge in [0.15, 0.2) is 17.3 Å². The number of methoxy groups -OCH3 is 1. The summed E-state index contributed by atoms with van der Waals surface area (Å²) in [4.78, 5) is 16.0. The third kappa shape index (κ3) is 5.68. The summed E-state index contributed by atoms with van der Waals surface area (Å²) in [6.45, 7) is 2.31. The Morgan fingerprint density at radius 3 is 2.76 bits per heavy atom. The predicted molar refractivity (Wildman–Crippen MR) is 109 cm³/mol.